The van der Waals surface area contributed by atoms with Crippen molar-refractivity contribution in [3.8, 4) is 0 Å². The Kier molecular flexibility index (Phi) is 3.88. The minimum Gasteiger partial charge on any atom is -0.380 e. The van der Waals surface area contributed by atoms with E-state index in [2.05, 4.69) is 0 Å². The number of nitrogens with two attached hydrogens (primary N) is 1. The molecule has 1 saturated heterocycles. The van der Waals surface area contributed by atoms with Gasteiger partial charge in [0.05, 0.1) is 11.9 Å². The molecule has 0 aromatic carbocycles. The molecule has 4 heteroatoms. The first kappa shape index (κ1) is 11.1. The predicted molar refractivity (Wildman–Crippen MR) is 55.1 cm³/mol. The van der Waals surface area contributed by atoms with Crippen LogP contribution in [-0.4, -0.2) is 34.0 Å². The molecule has 3 nitrogen and oxygen atoms in total. The highest BCUT2D eigenvalue weighted by Crippen LogP contribution is 2.14. The Bertz CT molecular complexity index is 183. The zero-order chi connectivity index (χ0) is 9.90. The monoisotopic (exact) mass is 205 g/mol. The van der Waals surface area contributed by atoms with E-state index in [0.717, 1.165) is 19.4 Å². The van der Waals surface area contributed by atoms with Gasteiger partial charge in [-0.1, -0.05) is 0 Å². The molecule has 1 aliphatic rings. The molecule has 0 saturated carbocycles. The second-order valence-corrected chi connectivity index (χ2v) is 6.07. The van der Waals surface area contributed by atoms with E-state index in [1.165, 1.54) is 0 Å². The molecule has 1 heterocycles. The molecule has 2 atom stereocenters. The highest BCUT2D eigenvalue weighted by molar-refractivity contribution is 7.85. The molecule has 0 spiro atoms. The molecule has 1 rings (SSSR count). The minimum atomic E-state index is -0.826. The zero-order valence-electron chi connectivity index (χ0n) is 8.41. The van der Waals surface area contributed by atoms with E-state index in [9.17, 15) is 4.21 Å². The summed E-state index contributed by atoms with van der Waals surface area (Å²) in [6, 6.07) is 0. The van der Waals surface area contributed by atoms with Gasteiger partial charge in [0, 0.05) is 28.7 Å². The van der Waals surface area contributed by atoms with E-state index >= 15 is 0 Å². The van der Waals surface area contributed by atoms with Crippen molar-refractivity contribution in [2.75, 3.05) is 19.0 Å². The van der Waals surface area contributed by atoms with Crippen molar-refractivity contribution in [2.45, 2.75) is 37.5 Å². The van der Waals surface area contributed by atoms with Crippen LogP contribution >= 0.6 is 0 Å². The van der Waals surface area contributed by atoms with E-state index in [1.54, 1.807) is 0 Å². The molecule has 13 heavy (non-hydrogen) atoms. The molecular weight excluding hydrogens is 186 g/mol. The fraction of sp³-hybridized carbons (Fsp3) is 1.00. The lowest BCUT2D eigenvalue weighted by molar-refractivity contribution is 0.100. The number of hydrogen-bond acceptors (Lipinski definition) is 3. The van der Waals surface area contributed by atoms with Gasteiger partial charge in [-0.25, -0.2) is 0 Å². The normalized spacial score (nSPS) is 27.2. The molecule has 0 aromatic rings. The fourth-order valence-electron chi connectivity index (χ4n) is 1.40. The van der Waals surface area contributed by atoms with Gasteiger partial charge in [-0.2, -0.15) is 0 Å². The fourth-order valence-corrected chi connectivity index (χ4v) is 3.05. The van der Waals surface area contributed by atoms with E-state index in [4.69, 9.17) is 10.5 Å². The van der Waals surface area contributed by atoms with Crippen LogP contribution in [0.25, 0.3) is 0 Å². The molecule has 0 amide bonds. The van der Waals surface area contributed by atoms with Crippen LogP contribution in [0.1, 0.15) is 26.7 Å². The van der Waals surface area contributed by atoms with E-state index in [1.807, 2.05) is 13.8 Å². The number of rotatable bonds is 3. The molecule has 78 valence electrons. The lowest BCUT2D eigenvalue weighted by Gasteiger charge is -2.25. The van der Waals surface area contributed by atoms with Crippen LogP contribution in [0.5, 0.6) is 0 Å². The largest absolute Gasteiger partial charge is 0.380 e. The van der Waals surface area contributed by atoms with Gasteiger partial charge in [0.2, 0.25) is 0 Å². The van der Waals surface area contributed by atoms with Gasteiger partial charge in [-0.05, 0) is 26.7 Å². The van der Waals surface area contributed by atoms with Gasteiger partial charge in [0.1, 0.15) is 0 Å². The highest BCUT2D eigenvalue weighted by Gasteiger charge is 2.24. The first-order valence-electron chi connectivity index (χ1n) is 4.73. The van der Waals surface area contributed by atoms with Gasteiger partial charge < -0.3 is 10.5 Å². The third kappa shape index (κ3) is 4.20. The summed E-state index contributed by atoms with van der Waals surface area (Å²) in [7, 11) is -0.826. The van der Waals surface area contributed by atoms with Crippen LogP contribution in [0.15, 0.2) is 0 Å². The topological polar surface area (TPSA) is 52.3 Å². The molecular formula is C9H19NO2S. The maximum atomic E-state index is 11.8. The summed E-state index contributed by atoms with van der Waals surface area (Å²) in [5, 5.41) is 0.205. The van der Waals surface area contributed by atoms with Crippen molar-refractivity contribution in [3.05, 3.63) is 0 Å². The molecule has 0 aromatic heterocycles. The maximum Gasteiger partial charge on any atom is 0.0609 e. The Morgan fingerprint density at radius 2 is 2.31 bits per heavy atom. The van der Waals surface area contributed by atoms with E-state index in [0.29, 0.717) is 12.4 Å². The minimum absolute atomic E-state index is 0.205. The lowest BCUT2D eigenvalue weighted by Crippen LogP contribution is -2.42. The zero-order valence-corrected chi connectivity index (χ0v) is 9.23. The van der Waals surface area contributed by atoms with Crippen LogP contribution in [0.3, 0.4) is 0 Å². The second-order valence-electron chi connectivity index (χ2n) is 4.35. The van der Waals surface area contributed by atoms with E-state index in [-0.39, 0.29) is 10.8 Å². The van der Waals surface area contributed by atoms with Gasteiger partial charge in [0.15, 0.2) is 0 Å². The van der Waals surface area contributed by atoms with Crippen molar-refractivity contribution >= 4 is 10.8 Å². The molecule has 1 aliphatic heterocycles. The van der Waals surface area contributed by atoms with Gasteiger partial charge >= 0.3 is 0 Å². The predicted octanol–water partition coefficient (Wildman–Crippen LogP) is 0.651. The molecule has 2 unspecified atom stereocenters. The van der Waals surface area contributed by atoms with Crippen molar-refractivity contribution in [2.24, 2.45) is 5.73 Å². The summed E-state index contributed by atoms with van der Waals surface area (Å²) in [6.07, 6.45) is 2.05. The molecule has 0 bridgehead atoms. The molecule has 2 N–H and O–H groups in total. The van der Waals surface area contributed by atoms with E-state index < -0.39 is 10.8 Å². The summed E-state index contributed by atoms with van der Waals surface area (Å²) in [5.41, 5.74) is 5.48. The first-order valence-corrected chi connectivity index (χ1v) is 6.11. The summed E-state index contributed by atoms with van der Waals surface area (Å²) in [6.45, 7) is 5.28. The average Bonchev–Trinajstić information content (AvgIpc) is 2.03. The third-order valence-electron chi connectivity index (χ3n) is 2.00. The summed E-state index contributed by atoms with van der Waals surface area (Å²) in [4.78, 5) is 0. The summed E-state index contributed by atoms with van der Waals surface area (Å²) in [5.74, 6) is 0.570. The van der Waals surface area contributed by atoms with Crippen molar-refractivity contribution in [3.63, 3.8) is 0 Å². The first-order chi connectivity index (χ1) is 5.99. The summed E-state index contributed by atoms with van der Waals surface area (Å²) >= 11 is 0. The van der Waals surface area contributed by atoms with Crippen molar-refractivity contribution < 1.29 is 8.95 Å². The average molecular weight is 205 g/mol. The molecule has 1 fully saturated rings. The van der Waals surface area contributed by atoms with Crippen LogP contribution in [0.4, 0.5) is 0 Å². The van der Waals surface area contributed by atoms with Gasteiger partial charge in [-0.15, -0.1) is 0 Å². The van der Waals surface area contributed by atoms with Crippen LogP contribution in [-0.2, 0) is 15.5 Å². The quantitative estimate of drug-likeness (QED) is 0.736. The van der Waals surface area contributed by atoms with Crippen molar-refractivity contribution in [1.29, 1.82) is 0 Å². The third-order valence-corrected chi connectivity index (χ3v) is 4.15. The van der Waals surface area contributed by atoms with Gasteiger partial charge in [0.25, 0.3) is 0 Å². The maximum absolute atomic E-state index is 11.8. The SMILES string of the molecule is CC(C)(N)CS(=O)C1CCCOC1. The Morgan fingerprint density at radius 3 is 2.77 bits per heavy atom. The number of hydrogen-bond donors (Lipinski definition) is 1. The lowest BCUT2D eigenvalue weighted by atomic mass is 10.1. The standard InChI is InChI=1S/C9H19NO2S/c1-9(2,10)7-13(11)8-4-3-5-12-6-8/h8H,3-7,10H2,1-2H3. The van der Waals surface area contributed by atoms with Crippen LogP contribution in [0, 0.1) is 0 Å². The second kappa shape index (κ2) is 4.53. The molecule has 0 radical (unpaired) electrons. The highest BCUT2D eigenvalue weighted by atomic mass is 32.2. The Morgan fingerprint density at radius 1 is 1.62 bits per heavy atom. The summed E-state index contributed by atoms with van der Waals surface area (Å²) < 4.78 is 17.0. The Hall–Kier alpha value is 0.0700. The van der Waals surface area contributed by atoms with Gasteiger partial charge in [-0.3, -0.25) is 4.21 Å². The Labute approximate surface area is 82.5 Å². The number of ether oxygens (including phenoxy) is 1. The Balaban J connectivity index is 2.38. The smallest absolute Gasteiger partial charge is 0.0609 e. The molecule has 0 aliphatic carbocycles. The van der Waals surface area contributed by atoms with Crippen molar-refractivity contribution in [1.82, 2.24) is 0 Å². The van der Waals surface area contributed by atoms with Crippen LogP contribution in [0.2, 0.25) is 0 Å². The van der Waals surface area contributed by atoms with Crippen LogP contribution < -0.4 is 5.73 Å².